The molecule has 0 saturated carbocycles. The van der Waals surface area contributed by atoms with E-state index in [0.29, 0.717) is 6.54 Å². The molecule has 2 rings (SSSR count). The second kappa shape index (κ2) is 4.29. The topological polar surface area (TPSA) is 77.8 Å². The van der Waals surface area contributed by atoms with Gasteiger partial charge in [0.05, 0.1) is 6.10 Å². The number of hydrogen-bond donors (Lipinski definition) is 2. The number of nitrogens with zero attached hydrogens (tertiary/aromatic N) is 1. The van der Waals surface area contributed by atoms with Gasteiger partial charge in [0.2, 0.25) is 0 Å². The summed E-state index contributed by atoms with van der Waals surface area (Å²) in [5, 5.41) is 9.58. The molecule has 0 radical (unpaired) electrons. The van der Waals surface area contributed by atoms with Crippen LogP contribution in [0.25, 0.3) is 11.1 Å². The number of hydrogen-bond acceptors (Lipinski definition) is 4. The average molecular weight is 257 g/mol. The molecule has 0 fully saturated rings. The van der Waals surface area contributed by atoms with Gasteiger partial charge < -0.3 is 10.0 Å². The molecule has 0 amide bonds. The molecule has 0 saturated heterocycles. The van der Waals surface area contributed by atoms with Crippen molar-refractivity contribution in [2.45, 2.75) is 13.0 Å². The summed E-state index contributed by atoms with van der Waals surface area (Å²) in [6.07, 6.45) is -1.09. The second-order valence-corrected chi connectivity index (χ2v) is 5.71. The van der Waals surface area contributed by atoms with Crippen molar-refractivity contribution in [3.63, 3.8) is 0 Å². The van der Waals surface area contributed by atoms with E-state index in [2.05, 4.69) is 0 Å². The summed E-state index contributed by atoms with van der Waals surface area (Å²) in [4.78, 5) is 1.88. The van der Waals surface area contributed by atoms with Crippen LogP contribution in [0.4, 0.5) is 5.69 Å². The van der Waals surface area contributed by atoms with Crippen LogP contribution in [-0.4, -0.2) is 43.0 Å². The Bertz CT molecular complexity index is 506. The van der Waals surface area contributed by atoms with Crippen LogP contribution in [0.1, 0.15) is 6.92 Å². The van der Waals surface area contributed by atoms with Crippen molar-refractivity contribution in [1.29, 1.82) is 0 Å². The molecule has 2 aliphatic carbocycles. The fourth-order valence-electron chi connectivity index (χ4n) is 1.89. The molecule has 0 heterocycles. The first-order valence-electron chi connectivity index (χ1n) is 5.42. The second-order valence-electron chi connectivity index (χ2n) is 4.21. The molecule has 0 aliphatic heterocycles. The van der Waals surface area contributed by atoms with Gasteiger partial charge in [-0.1, -0.05) is 0 Å². The van der Waals surface area contributed by atoms with Crippen LogP contribution in [0.5, 0.6) is 0 Å². The Morgan fingerprint density at radius 1 is 1.29 bits per heavy atom. The summed E-state index contributed by atoms with van der Waals surface area (Å²) in [5.74, 6) is -0.629. The molecule has 5 nitrogen and oxygen atoms in total. The Labute approximate surface area is 100 Å². The number of aliphatic hydroxyl groups is 1. The third-order valence-electron chi connectivity index (χ3n) is 2.75. The molecule has 0 spiro atoms. The van der Waals surface area contributed by atoms with Gasteiger partial charge in [-0.15, -0.1) is 0 Å². The summed E-state index contributed by atoms with van der Waals surface area (Å²) < 4.78 is 29.9. The minimum atomic E-state index is -4.13. The Hall–Kier alpha value is -1.11. The monoisotopic (exact) mass is 257 g/mol. The van der Waals surface area contributed by atoms with Gasteiger partial charge in [0.25, 0.3) is 10.1 Å². The van der Waals surface area contributed by atoms with Gasteiger partial charge in [0.15, 0.2) is 0 Å². The fraction of sp³-hybridized carbons (Fsp3) is 0.455. The Kier molecular flexibility index (Phi) is 3.11. The van der Waals surface area contributed by atoms with Crippen molar-refractivity contribution < 1.29 is 18.1 Å². The van der Waals surface area contributed by atoms with E-state index in [0.717, 1.165) is 5.69 Å². The van der Waals surface area contributed by atoms with Crippen LogP contribution in [-0.2, 0) is 10.1 Å². The van der Waals surface area contributed by atoms with Crippen molar-refractivity contribution in [2.75, 3.05) is 23.7 Å². The van der Waals surface area contributed by atoms with Gasteiger partial charge in [0, 0.05) is 18.8 Å². The smallest absolute Gasteiger partial charge is 0.267 e. The maximum absolute atomic E-state index is 10.6. The van der Waals surface area contributed by atoms with E-state index in [4.69, 9.17) is 4.55 Å². The third kappa shape index (κ3) is 3.18. The lowest BCUT2D eigenvalue weighted by Gasteiger charge is -2.24. The Morgan fingerprint density at radius 3 is 2.35 bits per heavy atom. The first-order valence-corrected chi connectivity index (χ1v) is 7.03. The standard InChI is InChI=1S/C11H15NO4S/c1-2-12(6-11(13)7-17(14,15)16)10-4-8-3-9(8)5-10/h3-5,11,13H,2,6-7H2,1H3,(H,14,15,16). The van der Waals surface area contributed by atoms with Gasteiger partial charge in [-0.05, 0) is 36.2 Å². The van der Waals surface area contributed by atoms with Gasteiger partial charge in [-0.25, -0.2) is 0 Å². The molecule has 0 aromatic heterocycles. The van der Waals surface area contributed by atoms with Crippen molar-refractivity contribution in [3.8, 4) is 11.1 Å². The summed E-state index contributed by atoms with van der Waals surface area (Å²) in [6.45, 7) is 2.79. The summed E-state index contributed by atoms with van der Waals surface area (Å²) >= 11 is 0. The molecule has 2 aliphatic rings. The van der Waals surface area contributed by atoms with E-state index in [1.165, 1.54) is 11.1 Å². The van der Waals surface area contributed by atoms with Crippen LogP contribution < -0.4 is 4.90 Å². The average Bonchev–Trinajstić information content (AvgIpc) is 2.80. The van der Waals surface area contributed by atoms with Gasteiger partial charge in [-0.3, -0.25) is 4.55 Å². The highest BCUT2D eigenvalue weighted by molar-refractivity contribution is 7.85. The predicted octanol–water partition coefficient (Wildman–Crippen LogP) is 0.742. The van der Waals surface area contributed by atoms with Crippen molar-refractivity contribution in [2.24, 2.45) is 0 Å². The SMILES string of the molecule is CCN(CC(O)CS(=O)(=O)O)c1cc2cc-2c1. The molecule has 6 heteroatoms. The Balaban J connectivity index is 1.97. The maximum Gasteiger partial charge on any atom is 0.267 e. The van der Waals surface area contributed by atoms with E-state index in [1.807, 2.05) is 30.0 Å². The van der Waals surface area contributed by atoms with Crippen LogP contribution in [0.15, 0.2) is 18.2 Å². The molecule has 0 bridgehead atoms. The summed E-state index contributed by atoms with van der Waals surface area (Å²) in [6, 6.07) is 6.05. The third-order valence-corrected chi connectivity index (χ3v) is 3.55. The van der Waals surface area contributed by atoms with E-state index in [-0.39, 0.29) is 6.54 Å². The number of aliphatic hydroxyl groups excluding tert-OH is 1. The van der Waals surface area contributed by atoms with Crippen LogP contribution in [0, 0.1) is 0 Å². The fourth-order valence-corrected chi connectivity index (χ4v) is 2.48. The minimum absolute atomic E-state index is 0.194. The van der Waals surface area contributed by atoms with E-state index >= 15 is 0 Å². The molecular weight excluding hydrogens is 242 g/mol. The highest BCUT2D eigenvalue weighted by atomic mass is 32.2. The summed E-state index contributed by atoms with van der Waals surface area (Å²) in [5.41, 5.74) is 3.37. The molecule has 17 heavy (non-hydrogen) atoms. The van der Waals surface area contributed by atoms with E-state index in [1.54, 1.807) is 0 Å². The molecule has 2 N–H and O–H groups in total. The number of fused-ring (bicyclic) bond motifs is 1. The first-order chi connectivity index (χ1) is 7.89. The van der Waals surface area contributed by atoms with Gasteiger partial charge >= 0.3 is 0 Å². The van der Waals surface area contributed by atoms with Crippen molar-refractivity contribution in [1.82, 2.24) is 0 Å². The molecule has 0 aromatic carbocycles. The van der Waals surface area contributed by atoms with E-state index in [9.17, 15) is 13.5 Å². The lowest BCUT2D eigenvalue weighted by atomic mass is 10.3. The zero-order valence-corrected chi connectivity index (χ0v) is 10.3. The molecule has 94 valence electrons. The van der Waals surface area contributed by atoms with Gasteiger partial charge in [-0.2, -0.15) is 8.42 Å². The highest BCUT2D eigenvalue weighted by Gasteiger charge is 2.21. The van der Waals surface area contributed by atoms with Crippen molar-refractivity contribution >= 4 is 15.8 Å². The molecule has 1 unspecified atom stereocenters. The molecule has 1 atom stereocenters. The zero-order valence-electron chi connectivity index (χ0n) is 9.50. The number of benzene rings is 1. The maximum atomic E-state index is 10.6. The van der Waals surface area contributed by atoms with Crippen LogP contribution in [0.3, 0.4) is 0 Å². The van der Waals surface area contributed by atoms with Gasteiger partial charge in [0.1, 0.15) is 5.75 Å². The van der Waals surface area contributed by atoms with E-state index < -0.39 is 22.0 Å². The largest absolute Gasteiger partial charge is 0.390 e. The quantitative estimate of drug-likeness (QED) is 0.746. The van der Waals surface area contributed by atoms with Crippen LogP contribution in [0.2, 0.25) is 0 Å². The normalized spacial score (nSPS) is 14.5. The first kappa shape index (κ1) is 12.3. The zero-order chi connectivity index (χ0) is 12.6. The summed E-state index contributed by atoms with van der Waals surface area (Å²) in [7, 11) is -4.13. The number of likely N-dealkylation sites (N-methyl/N-ethyl adjacent to an activating group) is 1. The van der Waals surface area contributed by atoms with Crippen molar-refractivity contribution in [3.05, 3.63) is 18.2 Å². The number of anilines is 1. The lowest BCUT2D eigenvalue weighted by molar-refractivity contribution is 0.200. The highest BCUT2D eigenvalue weighted by Crippen LogP contribution is 2.40. The minimum Gasteiger partial charge on any atom is -0.390 e. The molecule has 0 aromatic rings. The molecular formula is C11H15NO4S. The predicted molar refractivity (Wildman–Crippen MR) is 65.7 cm³/mol. The Morgan fingerprint density at radius 2 is 1.88 bits per heavy atom. The number of rotatable bonds is 6. The van der Waals surface area contributed by atoms with Crippen LogP contribution >= 0.6 is 0 Å². The lowest BCUT2D eigenvalue weighted by Crippen LogP contribution is -2.36.